The van der Waals surface area contributed by atoms with Gasteiger partial charge in [-0.05, 0) is 25.7 Å². The monoisotopic (exact) mass is 291 g/mol. The summed E-state index contributed by atoms with van der Waals surface area (Å²) in [6.07, 6.45) is 18.7. The van der Waals surface area contributed by atoms with Crippen LogP contribution in [0.5, 0.6) is 0 Å². The van der Waals surface area contributed by atoms with Crippen molar-refractivity contribution in [2.75, 3.05) is 0 Å². The van der Waals surface area contributed by atoms with Gasteiger partial charge in [0.2, 0.25) is 0 Å². The molecular weight excluding hydrogens is 258 g/mol. The molecule has 2 rings (SSSR count). The minimum Gasteiger partial charge on any atom is -0.373 e. The van der Waals surface area contributed by atoms with Crippen LogP contribution in [-0.4, -0.2) is 12.2 Å². The number of ether oxygens (including phenoxy) is 1. The third-order valence-electron chi connectivity index (χ3n) is 5.51. The number of hydrogen-bond acceptors (Lipinski definition) is 2. The Bertz CT molecular complexity index is 335. The molecule has 0 saturated carbocycles. The van der Waals surface area contributed by atoms with Gasteiger partial charge in [0.05, 0.1) is 23.7 Å². The van der Waals surface area contributed by atoms with Crippen molar-refractivity contribution in [2.24, 2.45) is 5.41 Å². The smallest absolute Gasteiger partial charge is 0.0859 e. The van der Waals surface area contributed by atoms with Crippen molar-refractivity contribution in [1.82, 2.24) is 0 Å². The van der Waals surface area contributed by atoms with Crippen LogP contribution < -0.4 is 0 Å². The number of unbranched alkanes of at least 4 members (excludes halogenated alkanes) is 9. The van der Waals surface area contributed by atoms with E-state index in [1.54, 1.807) is 0 Å². The van der Waals surface area contributed by atoms with Crippen LogP contribution in [0, 0.1) is 16.7 Å². The van der Waals surface area contributed by atoms with E-state index in [9.17, 15) is 5.26 Å². The number of hydrogen-bond donors (Lipinski definition) is 0. The molecule has 2 aliphatic heterocycles. The zero-order chi connectivity index (χ0) is 15.0. The van der Waals surface area contributed by atoms with E-state index >= 15 is 0 Å². The minimum absolute atomic E-state index is 0.122. The predicted octanol–water partition coefficient (Wildman–Crippen LogP) is 5.76. The Labute approximate surface area is 131 Å². The lowest BCUT2D eigenvalue weighted by Gasteiger charge is -2.28. The molecule has 0 N–H and O–H groups in total. The SMILES string of the molecule is CCCCCCCCCCCCC1(C#N)CC2CCC1O2. The fraction of sp³-hybridized carbons (Fsp3) is 0.947. The van der Waals surface area contributed by atoms with Crippen LogP contribution in [0.4, 0.5) is 0 Å². The first kappa shape index (κ1) is 16.8. The molecule has 0 aromatic heterocycles. The normalized spacial score (nSPS) is 30.7. The Morgan fingerprint density at radius 3 is 2.05 bits per heavy atom. The summed E-state index contributed by atoms with van der Waals surface area (Å²) < 4.78 is 5.90. The van der Waals surface area contributed by atoms with E-state index in [4.69, 9.17) is 4.74 Å². The molecule has 2 bridgehead atoms. The first-order valence-corrected chi connectivity index (χ1v) is 9.37. The maximum atomic E-state index is 9.55. The number of nitriles is 1. The first-order valence-electron chi connectivity index (χ1n) is 9.37. The standard InChI is InChI=1S/C19H33NO/c1-2-3-4-5-6-7-8-9-10-11-14-19(16-20)15-17-12-13-18(19)21-17/h17-18H,2-15H2,1H3. The quantitative estimate of drug-likeness (QED) is 0.453. The van der Waals surface area contributed by atoms with Crippen molar-refractivity contribution in [3.63, 3.8) is 0 Å². The van der Waals surface area contributed by atoms with E-state index in [0.29, 0.717) is 6.10 Å². The molecule has 3 atom stereocenters. The third kappa shape index (κ3) is 4.71. The predicted molar refractivity (Wildman–Crippen MR) is 87.0 cm³/mol. The van der Waals surface area contributed by atoms with Gasteiger partial charge < -0.3 is 4.74 Å². The second kappa shape index (κ2) is 8.79. The second-order valence-electron chi connectivity index (χ2n) is 7.23. The number of nitrogens with zero attached hydrogens (tertiary/aromatic N) is 1. The summed E-state index contributed by atoms with van der Waals surface area (Å²) in [5.41, 5.74) is -0.122. The van der Waals surface area contributed by atoms with Gasteiger partial charge in [-0.15, -0.1) is 0 Å². The van der Waals surface area contributed by atoms with Crippen molar-refractivity contribution in [2.45, 2.75) is 109 Å². The van der Waals surface area contributed by atoms with Gasteiger partial charge in [-0.25, -0.2) is 0 Å². The fourth-order valence-corrected chi connectivity index (χ4v) is 4.16. The Hall–Kier alpha value is -0.550. The number of fused-ring (bicyclic) bond motifs is 2. The summed E-state index contributed by atoms with van der Waals surface area (Å²) in [5.74, 6) is 0. The minimum atomic E-state index is -0.122. The molecule has 0 aliphatic carbocycles. The lowest BCUT2D eigenvalue weighted by Crippen LogP contribution is -2.30. The molecule has 0 aromatic carbocycles. The van der Waals surface area contributed by atoms with Gasteiger partial charge in [0, 0.05) is 0 Å². The highest BCUT2D eigenvalue weighted by molar-refractivity contribution is 5.12. The van der Waals surface area contributed by atoms with Gasteiger partial charge in [0.15, 0.2) is 0 Å². The molecule has 0 amide bonds. The Morgan fingerprint density at radius 2 is 1.57 bits per heavy atom. The van der Waals surface area contributed by atoms with Gasteiger partial charge >= 0.3 is 0 Å². The molecule has 120 valence electrons. The van der Waals surface area contributed by atoms with E-state index in [1.165, 1.54) is 70.6 Å². The largest absolute Gasteiger partial charge is 0.373 e. The van der Waals surface area contributed by atoms with E-state index in [2.05, 4.69) is 13.0 Å². The van der Waals surface area contributed by atoms with Crippen LogP contribution in [0.15, 0.2) is 0 Å². The van der Waals surface area contributed by atoms with E-state index < -0.39 is 0 Å². The summed E-state index contributed by atoms with van der Waals surface area (Å²) in [6, 6.07) is 2.61. The summed E-state index contributed by atoms with van der Waals surface area (Å²) >= 11 is 0. The molecule has 2 nitrogen and oxygen atoms in total. The van der Waals surface area contributed by atoms with Crippen LogP contribution in [0.2, 0.25) is 0 Å². The highest BCUT2D eigenvalue weighted by atomic mass is 16.5. The first-order chi connectivity index (χ1) is 10.3. The lowest BCUT2D eigenvalue weighted by molar-refractivity contribution is 0.0755. The molecule has 0 aromatic rings. The second-order valence-corrected chi connectivity index (χ2v) is 7.23. The van der Waals surface area contributed by atoms with Crippen LogP contribution in [0.25, 0.3) is 0 Å². The zero-order valence-corrected chi connectivity index (χ0v) is 13.9. The van der Waals surface area contributed by atoms with Gasteiger partial charge in [-0.2, -0.15) is 5.26 Å². The lowest BCUT2D eigenvalue weighted by atomic mass is 9.72. The molecule has 2 heteroatoms. The molecule has 0 spiro atoms. The highest BCUT2D eigenvalue weighted by Crippen LogP contribution is 2.50. The van der Waals surface area contributed by atoms with Crippen LogP contribution in [-0.2, 0) is 4.74 Å². The van der Waals surface area contributed by atoms with Crippen molar-refractivity contribution in [1.29, 1.82) is 5.26 Å². The molecule has 2 heterocycles. The maximum Gasteiger partial charge on any atom is 0.0859 e. The van der Waals surface area contributed by atoms with Gasteiger partial charge in [-0.1, -0.05) is 71.1 Å². The average Bonchev–Trinajstić information content (AvgIpc) is 3.10. The van der Waals surface area contributed by atoms with Crippen molar-refractivity contribution >= 4 is 0 Å². The van der Waals surface area contributed by atoms with Gasteiger partial charge in [0.1, 0.15) is 0 Å². The topological polar surface area (TPSA) is 33.0 Å². The van der Waals surface area contributed by atoms with Crippen molar-refractivity contribution in [3.8, 4) is 6.07 Å². The summed E-state index contributed by atoms with van der Waals surface area (Å²) in [4.78, 5) is 0. The molecule has 0 radical (unpaired) electrons. The highest BCUT2D eigenvalue weighted by Gasteiger charge is 2.52. The Morgan fingerprint density at radius 1 is 0.952 bits per heavy atom. The summed E-state index contributed by atoms with van der Waals surface area (Å²) in [6.45, 7) is 2.27. The average molecular weight is 291 g/mol. The summed E-state index contributed by atoms with van der Waals surface area (Å²) in [7, 11) is 0. The Kier molecular flexibility index (Phi) is 7.04. The molecule has 2 aliphatic rings. The maximum absolute atomic E-state index is 9.55. The van der Waals surface area contributed by atoms with E-state index in [0.717, 1.165) is 19.3 Å². The van der Waals surface area contributed by atoms with Gasteiger partial charge in [-0.3, -0.25) is 0 Å². The van der Waals surface area contributed by atoms with E-state index in [-0.39, 0.29) is 11.5 Å². The Balaban J connectivity index is 1.47. The molecular formula is C19H33NO. The number of rotatable bonds is 11. The van der Waals surface area contributed by atoms with Crippen molar-refractivity contribution in [3.05, 3.63) is 0 Å². The molecule has 2 saturated heterocycles. The summed E-state index contributed by atoms with van der Waals surface area (Å²) in [5, 5.41) is 9.55. The fourth-order valence-electron chi connectivity index (χ4n) is 4.16. The molecule has 21 heavy (non-hydrogen) atoms. The molecule has 3 unspecified atom stereocenters. The van der Waals surface area contributed by atoms with Crippen molar-refractivity contribution < 1.29 is 4.74 Å². The molecule has 2 fully saturated rings. The van der Waals surface area contributed by atoms with Crippen LogP contribution >= 0.6 is 0 Å². The zero-order valence-electron chi connectivity index (χ0n) is 13.9. The van der Waals surface area contributed by atoms with Crippen LogP contribution in [0.1, 0.15) is 96.8 Å². The van der Waals surface area contributed by atoms with E-state index in [1.807, 2.05) is 0 Å². The third-order valence-corrected chi connectivity index (χ3v) is 5.51. The van der Waals surface area contributed by atoms with Gasteiger partial charge in [0.25, 0.3) is 0 Å². The van der Waals surface area contributed by atoms with Crippen LogP contribution in [0.3, 0.4) is 0 Å².